The van der Waals surface area contributed by atoms with Gasteiger partial charge in [-0.3, -0.25) is 24.1 Å². The average molecular weight is 747 g/mol. The number of methoxy groups -OCH3 is 1. The summed E-state index contributed by atoms with van der Waals surface area (Å²) in [6, 6.07) is 7.60. The lowest BCUT2D eigenvalue weighted by Gasteiger charge is -2.37. The molecule has 3 aromatic rings. The molecule has 2 fully saturated rings. The van der Waals surface area contributed by atoms with Gasteiger partial charge >= 0.3 is 5.97 Å². The van der Waals surface area contributed by atoms with Gasteiger partial charge in [-0.15, -0.1) is 0 Å². The predicted molar refractivity (Wildman–Crippen MR) is 191 cm³/mol. The fraction of sp³-hybridized carbons (Fsp3) is 0.457. The van der Waals surface area contributed by atoms with E-state index in [2.05, 4.69) is 15.6 Å². The Labute approximate surface area is 305 Å². The average Bonchev–Trinajstić information content (AvgIpc) is 3.47. The molecule has 0 saturated carbocycles. The van der Waals surface area contributed by atoms with E-state index in [0.717, 1.165) is 13.1 Å². The molecule has 13 nitrogen and oxygen atoms in total. The molecule has 3 N–H and O–H groups in total. The molecule has 0 bridgehead atoms. The fourth-order valence-corrected chi connectivity index (χ4v) is 6.89. The summed E-state index contributed by atoms with van der Waals surface area (Å²) in [6.07, 6.45) is 2.62. The molecular formula is C35H42Cl2FN7O6. The third-order valence-corrected chi connectivity index (χ3v) is 10.1. The number of halogens is 3. The molecule has 0 aliphatic carbocycles. The number of carboxylic acid groups (broad SMARTS) is 1. The zero-order valence-electron chi connectivity index (χ0n) is 28.8. The van der Waals surface area contributed by atoms with Gasteiger partial charge in [-0.05, 0) is 55.6 Å². The number of carbonyl (C=O) groups excluding carboxylic acids is 3. The Kier molecular flexibility index (Phi) is 12.6. The second-order valence-corrected chi connectivity index (χ2v) is 13.6. The highest BCUT2D eigenvalue weighted by atomic mass is 35.5. The lowest BCUT2D eigenvalue weighted by atomic mass is 9.98. The van der Waals surface area contributed by atoms with Crippen molar-refractivity contribution in [3.8, 4) is 17.0 Å². The van der Waals surface area contributed by atoms with Gasteiger partial charge in [-0.25, -0.2) is 9.37 Å². The Morgan fingerprint density at radius 2 is 1.82 bits per heavy atom. The van der Waals surface area contributed by atoms with E-state index in [-0.39, 0.29) is 51.5 Å². The minimum Gasteiger partial charge on any atom is -0.494 e. The van der Waals surface area contributed by atoms with Crippen LogP contribution in [0.3, 0.4) is 0 Å². The Morgan fingerprint density at radius 3 is 2.43 bits per heavy atom. The third kappa shape index (κ3) is 8.80. The van der Waals surface area contributed by atoms with Gasteiger partial charge < -0.3 is 34.8 Å². The first-order valence-corrected chi connectivity index (χ1v) is 17.5. The van der Waals surface area contributed by atoms with Crippen LogP contribution in [0.25, 0.3) is 11.3 Å². The number of benzene rings is 2. The number of amides is 3. The maximum atomic E-state index is 14.5. The van der Waals surface area contributed by atoms with Crippen molar-refractivity contribution in [3.63, 3.8) is 0 Å². The normalized spacial score (nSPS) is 15.4. The Morgan fingerprint density at radius 1 is 1.12 bits per heavy atom. The molecule has 1 atom stereocenters. The van der Waals surface area contributed by atoms with Gasteiger partial charge in [0.2, 0.25) is 5.91 Å². The van der Waals surface area contributed by atoms with Gasteiger partial charge in [0, 0.05) is 70.0 Å². The molecule has 2 aliphatic rings. The van der Waals surface area contributed by atoms with Crippen LogP contribution in [0, 0.1) is 17.7 Å². The Balaban J connectivity index is 1.15. The topological polar surface area (TPSA) is 149 Å². The van der Waals surface area contributed by atoms with Crippen molar-refractivity contribution in [1.82, 2.24) is 29.6 Å². The number of aromatic nitrogens is 2. The number of rotatable bonds is 14. The van der Waals surface area contributed by atoms with Crippen LogP contribution in [0.2, 0.25) is 10.0 Å². The van der Waals surface area contributed by atoms with Gasteiger partial charge in [0.1, 0.15) is 0 Å². The van der Waals surface area contributed by atoms with Crippen LogP contribution in [0.1, 0.15) is 40.7 Å². The molecule has 274 valence electrons. The summed E-state index contributed by atoms with van der Waals surface area (Å²) in [4.78, 5) is 60.9. The van der Waals surface area contributed by atoms with Crippen molar-refractivity contribution < 1.29 is 33.4 Å². The van der Waals surface area contributed by atoms with Crippen molar-refractivity contribution in [1.29, 1.82) is 0 Å². The number of hydrogen-bond acceptors (Lipinski definition) is 8. The number of ether oxygens (including phenoxy) is 1. The van der Waals surface area contributed by atoms with Crippen LogP contribution in [-0.2, 0) is 16.6 Å². The van der Waals surface area contributed by atoms with Crippen molar-refractivity contribution >= 4 is 52.6 Å². The second-order valence-electron chi connectivity index (χ2n) is 12.8. The van der Waals surface area contributed by atoms with Crippen molar-refractivity contribution in [3.05, 3.63) is 63.8 Å². The molecular weight excluding hydrogens is 704 g/mol. The highest BCUT2D eigenvalue weighted by Gasteiger charge is 2.30. The van der Waals surface area contributed by atoms with E-state index >= 15 is 0 Å². The van der Waals surface area contributed by atoms with Gasteiger partial charge in [-0.1, -0.05) is 30.1 Å². The predicted octanol–water partition coefficient (Wildman–Crippen LogP) is 4.10. The molecule has 51 heavy (non-hydrogen) atoms. The molecule has 3 amide bonds. The maximum Gasteiger partial charge on any atom is 0.317 e. The zero-order valence-corrected chi connectivity index (χ0v) is 30.3. The van der Waals surface area contributed by atoms with Gasteiger partial charge in [0.15, 0.2) is 17.4 Å². The van der Waals surface area contributed by atoms with Crippen molar-refractivity contribution in [2.75, 3.05) is 71.3 Å². The van der Waals surface area contributed by atoms with E-state index in [4.69, 9.17) is 27.9 Å². The number of imidazole rings is 1. The molecule has 16 heteroatoms. The largest absolute Gasteiger partial charge is 0.494 e. The lowest BCUT2D eigenvalue weighted by Crippen LogP contribution is -2.52. The summed E-state index contributed by atoms with van der Waals surface area (Å²) in [5, 5.41) is 15.3. The first-order valence-electron chi connectivity index (χ1n) is 16.8. The number of carboxylic acids is 1. The van der Waals surface area contributed by atoms with Crippen molar-refractivity contribution in [2.24, 2.45) is 18.9 Å². The zero-order chi connectivity index (χ0) is 36.8. The van der Waals surface area contributed by atoms with Crippen LogP contribution < -0.4 is 15.4 Å². The fourth-order valence-electron chi connectivity index (χ4n) is 6.38. The van der Waals surface area contributed by atoms with Crippen LogP contribution in [0.5, 0.6) is 5.75 Å². The molecule has 2 aliphatic heterocycles. The smallest absolute Gasteiger partial charge is 0.317 e. The number of piperazine rings is 1. The minimum absolute atomic E-state index is 0.00682. The van der Waals surface area contributed by atoms with E-state index in [1.54, 1.807) is 29.0 Å². The highest BCUT2D eigenvalue weighted by molar-refractivity contribution is 6.34. The van der Waals surface area contributed by atoms with Gasteiger partial charge in [0.25, 0.3) is 11.8 Å². The van der Waals surface area contributed by atoms with Crippen molar-refractivity contribution in [2.45, 2.75) is 19.8 Å². The summed E-state index contributed by atoms with van der Waals surface area (Å²) < 4.78 is 21.0. The molecule has 2 aromatic carbocycles. The molecule has 1 unspecified atom stereocenters. The first kappa shape index (κ1) is 38.0. The van der Waals surface area contributed by atoms with E-state index in [9.17, 15) is 28.7 Å². The Hall–Kier alpha value is -4.24. The SMILES string of the molecule is CCC(CCN(CC(=O)O)CC1CNC1)C(=O)N1CCN(C(=O)c2ccc(NC(=O)c3ncc(-c4ccc(OC)c(F)c4Cl)n3C)cc2Cl)CC1. The quantitative estimate of drug-likeness (QED) is 0.222. The summed E-state index contributed by atoms with van der Waals surface area (Å²) >= 11 is 12.8. The number of aliphatic carboxylic acids is 1. The summed E-state index contributed by atoms with van der Waals surface area (Å²) in [5.74, 6) is -2.21. The number of nitrogens with one attached hydrogen (secondary N) is 2. The van der Waals surface area contributed by atoms with Crippen LogP contribution in [-0.4, -0.2) is 119 Å². The molecule has 0 spiro atoms. The summed E-state index contributed by atoms with van der Waals surface area (Å²) in [7, 11) is 2.94. The summed E-state index contributed by atoms with van der Waals surface area (Å²) in [5.41, 5.74) is 1.35. The third-order valence-electron chi connectivity index (χ3n) is 9.45. The van der Waals surface area contributed by atoms with Crippen LogP contribution in [0.4, 0.5) is 10.1 Å². The molecule has 5 rings (SSSR count). The van der Waals surface area contributed by atoms with Gasteiger partial charge in [-0.2, -0.15) is 0 Å². The molecule has 2 saturated heterocycles. The van der Waals surface area contributed by atoms with E-state index < -0.39 is 17.7 Å². The standard InChI is InChI=1S/C35H42Cl2FN7O6/c1-4-22(9-10-43(20-29(46)47)19-21-16-39-17-21)34(49)44-11-13-45(14-12-44)35(50)24-6-5-23(15-26(24)36)41-33(48)32-40-18-27(42(32)2)25-7-8-28(51-3)31(38)30(25)37/h5-8,15,18,21-22,39H,4,9-14,16-17,19-20H2,1-3H3,(H,41,48)(H,46,47). The minimum atomic E-state index is -0.878. The highest BCUT2D eigenvalue weighted by Crippen LogP contribution is 2.35. The molecule has 0 radical (unpaired) electrons. The van der Waals surface area contributed by atoms with Crippen LogP contribution in [0.15, 0.2) is 36.5 Å². The first-order chi connectivity index (χ1) is 24.4. The van der Waals surface area contributed by atoms with E-state index in [1.165, 1.54) is 36.1 Å². The lowest BCUT2D eigenvalue weighted by molar-refractivity contribution is -0.138. The number of anilines is 1. The molecule has 3 heterocycles. The van der Waals surface area contributed by atoms with Crippen LogP contribution >= 0.6 is 23.2 Å². The van der Waals surface area contributed by atoms with Gasteiger partial charge in [0.05, 0.1) is 41.2 Å². The number of carbonyl (C=O) groups is 4. The van der Waals surface area contributed by atoms with E-state index in [1.807, 2.05) is 11.8 Å². The number of nitrogens with zero attached hydrogens (tertiary/aromatic N) is 5. The summed E-state index contributed by atoms with van der Waals surface area (Å²) in [6.45, 7) is 6.30. The number of hydrogen-bond donors (Lipinski definition) is 3. The Bertz CT molecular complexity index is 1780. The second kappa shape index (κ2) is 16.9. The maximum absolute atomic E-state index is 14.5. The monoisotopic (exact) mass is 745 g/mol. The molecule has 1 aromatic heterocycles. The van der Waals surface area contributed by atoms with E-state index in [0.29, 0.717) is 75.0 Å².